The third kappa shape index (κ3) is 4.89. The first-order chi connectivity index (χ1) is 11.7. The Bertz CT molecular complexity index is 642. The summed E-state index contributed by atoms with van der Waals surface area (Å²) in [5.74, 6) is -5.82. The highest BCUT2D eigenvalue weighted by Crippen LogP contribution is 2.32. The van der Waals surface area contributed by atoms with Gasteiger partial charge in [0.15, 0.2) is 0 Å². The molecule has 0 spiro atoms. The van der Waals surface area contributed by atoms with Crippen molar-refractivity contribution < 1.29 is 23.5 Å². The number of carboxylic acid groups (broad SMARTS) is 1. The van der Waals surface area contributed by atoms with E-state index in [-0.39, 0.29) is 30.7 Å². The van der Waals surface area contributed by atoms with Gasteiger partial charge < -0.3 is 10.0 Å². The fourth-order valence-corrected chi connectivity index (χ4v) is 3.26. The first-order valence-electron chi connectivity index (χ1n) is 8.07. The number of likely N-dealkylation sites (tertiary alicyclic amines) is 1. The van der Waals surface area contributed by atoms with Gasteiger partial charge in [-0.05, 0) is 38.4 Å². The molecule has 0 aliphatic carbocycles. The molecule has 1 saturated heterocycles. The van der Waals surface area contributed by atoms with Crippen molar-refractivity contribution in [3.63, 3.8) is 0 Å². The van der Waals surface area contributed by atoms with Crippen molar-refractivity contribution in [3.05, 3.63) is 34.9 Å². The van der Waals surface area contributed by atoms with E-state index < -0.39 is 23.4 Å². The maximum Gasteiger partial charge on any atom is 0.350 e. The molecule has 1 aliphatic heterocycles. The summed E-state index contributed by atoms with van der Waals surface area (Å²) in [4.78, 5) is 26.0. The van der Waals surface area contributed by atoms with Crippen LogP contribution in [0.5, 0.6) is 0 Å². The Kier molecular flexibility index (Phi) is 6.35. The van der Waals surface area contributed by atoms with Gasteiger partial charge in [-0.3, -0.25) is 14.5 Å². The Morgan fingerprint density at radius 2 is 2.08 bits per heavy atom. The molecule has 0 aromatic heterocycles. The van der Waals surface area contributed by atoms with E-state index >= 15 is 0 Å². The second-order valence-electron chi connectivity index (χ2n) is 6.27. The molecule has 1 aromatic rings. The summed E-state index contributed by atoms with van der Waals surface area (Å²) in [7, 11) is 1.69. The largest absolute Gasteiger partial charge is 0.480 e. The van der Waals surface area contributed by atoms with Crippen molar-refractivity contribution in [1.29, 1.82) is 0 Å². The van der Waals surface area contributed by atoms with E-state index in [1.54, 1.807) is 11.9 Å². The molecule has 0 bridgehead atoms. The van der Waals surface area contributed by atoms with Gasteiger partial charge in [-0.25, -0.2) is 0 Å². The van der Waals surface area contributed by atoms with Crippen molar-refractivity contribution in [1.82, 2.24) is 9.80 Å². The van der Waals surface area contributed by atoms with Crippen LogP contribution >= 0.6 is 11.6 Å². The number of likely N-dealkylation sites (N-methyl/N-ethyl adjacent to an activating group) is 1. The number of hydrogen-bond donors (Lipinski definition) is 1. The second-order valence-corrected chi connectivity index (χ2v) is 6.71. The molecule has 8 heteroatoms. The zero-order valence-electron chi connectivity index (χ0n) is 13.9. The highest BCUT2D eigenvalue weighted by Gasteiger charge is 2.44. The number of rotatable bonds is 5. The molecule has 1 unspecified atom stereocenters. The van der Waals surface area contributed by atoms with Gasteiger partial charge in [0.25, 0.3) is 5.91 Å². The van der Waals surface area contributed by atoms with E-state index in [0.29, 0.717) is 19.3 Å². The molecule has 1 heterocycles. The van der Waals surface area contributed by atoms with Crippen molar-refractivity contribution in [2.45, 2.75) is 31.2 Å². The number of carbonyl (C=O) groups excluding carboxylic acids is 1. The summed E-state index contributed by atoms with van der Waals surface area (Å²) >= 11 is 5.75. The Hall–Kier alpha value is -1.73. The van der Waals surface area contributed by atoms with Crippen molar-refractivity contribution in [2.75, 3.05) is 26.7 Å². The summed E-state index contributed by atoms with van der Waals surface area (Å²) in [6.07, 6.45) is 1.67. The van der Waals surface area contributed by atoms with Gasteiger partial charge >= 0.3 is 11.9 Å². The van der Waals surface area contributed by atoms with E-state index in [2.05, 4.69) is 0 Å². The van der Waals surface area contributed by atoms with E-state index in [1.807, 2.05) is 0 Å². The fraction of sp³-hybridized carbons (Fsp3) is 0.529. The number of benzene rings is 1. The number of amides is 1. The molecule has 1 atom stereocenters. The minimum atomic E-state index is -3.64. The smallest absolute Gasteiger partial charge is 0.350 e. The topological polar surface area (TPSA) is 60.9 Å². The van der Waals surface area contributed by atoms with Gasteiger partial charge in [0.1, 0.15) is 0 Å². The normalized spacial score (nSPS) is 18.9. The summed E-state index contributed by atoms with van der Waals surface area (Å²) in [6, 6.07) is 5.10. The van der Waals surface area contributed by atoms with Gasteiger partial charge in [0.2, 0.25) is 0 Å². The number of carboxylic acids is 1. The van der Waals surface area contributed by atoms with E-state index in [9.17, 15) is 18.4 Å². The van der Waals surface area contributed by atoms with E-state index in [0.717, 1.165) is 11.0 Å². The van der Waals surface area contributed by atoms with E-state index in [4.69, 9.17) is 16.7 Å². The van der Waals surface area contributed by atoms with Crippen LogP contribution < -0.4 is 0 Å². The minimum absolute atomic E-state index is 0.0475. The zero-order chi connectivity index (χ0) is 18.6. The molecule has 0 radical (unpaired) electrons. The molecule has 0 saturated carbocycles. The lowest BCUT2D eigenvalue weighted by Crippen LogP contribution is -2.43. The van der Waals surface area contributed by atoms with Crippen LogP contribution in [-0.4, -0.2) is 59.5 Å². The molecular weight excluding hydrogens is 354 g/mol. The predicted octanol–water partition coefficient (Wildman–Crippen LogP) is 2.83. The van der Waals surface area contributed by atoms with Gasteiger partial charge in [-0.2, -0.15) is 8.78 Å². The number of carbonyl (C=O) groups is 2. The van der Waals surface area contributed by atoms with Crippen LogP contribution in [0.3, 0.4) is 0 Å². The lowest BCUT2D eigenvalue weighted by atomic mass is 10.1. The van der Waals surface area contributed by atoms with Crippen molar-refractivity contribution in [2.24, 2.45) is 0 Å². The predicted molar refractivity (Wildman–Crippen MR) is 89.8 cm³/mol. The van der Waals surface area contributed by atoms with Crippen LogP contribution in [0.2, 0.25) is 5.02 Å². The maximum atomic E-state index is 14.5. The molecule has 138 valence electrons. The molecular formula is C17H21ClF2N2O3. The van der Waals surface area contributed by atoms with Crippen LogP contribution in [0.1, 0.15) is 24.8 Å². The number of nitrogens with zero attached hydrogens (tertiary/aromatic N) is 2. The fourth-order valence-electron chi connectivity index (χ4n) is 3.07. The number of halogens is 3. The first kappa shape index (κ1) is 19.6. The molecule has 5 nitrogen and oxygen atoms in total. The van der Waals surface area contributed by atoms with Crippen LogP contribution in [0.15, 0.2) is 24.3 Å². The molecule has 2 rings (SSSR count). The number of alkyl halides is 2. The molecule has 1 amide bonds. The molecule has 25 heavy (non-hydrogen) atoms. The Balaban J connectivity index is 2.06. The van der Waals surface area contributed by atoms with Gasteiger partial charge in [-0.1, -0.05) is 23.7 Å². The maximum absolute atomic E-state index is 14.5. The van der Waals surface area contributed by atoms with Crippen molar-refractivity contribution >= 4 is 23.5 Å². The number of aliphatic carboxylic acids is 1. The first-order valence-corrected chi connectivity index (χ1v) is 8.45. The Morgan fingerprint density at radius 1 is 1.36 bits per heavy atom. The molecule has 1 aliphatic rings. The third-order valence-corrected chi connectivity index (χ3v) is 4.68. The average molecular weight is 375 g/mol. The third-order valence-electron chi connectivity index (χ3n) is 4.45. The van der Waals surface area contributed by atoms with Crippen molar-refractivity contribution in [3.8, 4) is 0 Å². The number of hydrogen-bond acceptors (Lipinski definition) is 3. The summed E-state index contributed by atoms with van der Waals surface area (Å²) in [5, 5.41) is 9.01. The molecule has 1 N–H and O–H groups in total. The molecule has 1 aromatic carbocycles. The van der Waals surface area contributed by atoms with Crippen LogP contribution in [-0.2, 0) is 15.5 Å². The standard InChI is InChI=1S/C17H21ClF2N2O3/c1-21(11-15(23)24)14-6-3-8-22(9-7-14)16(25)17(19,20)12-4-2-5-13(18)10-12/h2,4-5,10,14H,3,6-9,11H2,1H3,(H,23,24). The monoisotopic (exact) mass is 374 g/mol. The summed E-state index contributed by atoms with van der Waals surface area (Å²) in [6.45, 7) is 0.285. The lowest BCUT2D eigenvalue weighted by molar-refractivity contribution is -0.159. The zero-order valence-corrected chi connectivity index (χ0v) is 14.7. The van der Waals surface area contributed by atoms with E-state index in [1.165, 1.54) is 18.2 Å². The highest BCUT2D eigenvalue weighted by molar-refractivity contribution is 6.30. The van der Waals surface area contributed by atoms with Gasteiger partial charge in [0, 0.05) is 29.7 Å². The van der Waals surface area contributed by atoms with Crippen LogP contribution in [0.4, 0.5) is 8.78 Å². The van der Waals surface area contributed by atoms with Gasteiger partial charge in [0.05, 0.1) is 6.54 Å². The van der Waals surface area contributed by atoms with Gasteiger partial charge in [-0.15, -0.1) is 0 Å². The average Bonchev–Trinajstić information content (AvgIpc) is 2.79. The Morgan fingerprint density at radius 3 is 2.72 bits per heavy atom. The summed E-state index contributed by atoms with van der Waals surface area (Å²) in [5.41, 5.74) is -0.422. The SMILES string of the molecule is CN(CC(=O)O)C1CCCN(C(=O)C(F)(F)c2cccc(Cl)c2)CC1. The lowest BCUT2D eigenvalue weighted by Gasteiger charge is -2.27. The minimum Gasteiger partial charge on any atom is -0.480 e. The summed E-state index contributed by atoms with van der Waals surface area (Å²) < 4.78 is 29.1. The van der Waals surface area contributed by atoms with Crippen LogP contribution in [0.25, 0.3) is 0 Å². The highest BCUT2D eigenvalue weighted by atomic mass is 35.5. The van der Waals surface area contributed by atoms with Crippen LogP contribution in [0, 0.1) is 0 Å². The molecule has 1 fully saturated rings. The second kappa shape index (κ2) is 8.10. The quantitative estimate of drug-likeness (QED) is 0.861. The Labute approximate surface area is 150 Å².